The highest BCUT2D eigenvalue weighted by atomic mass is 16.3. The lowest BCUT2D eigenvalue weighted by molar-refractivity contribution is 0.408. The van der Waals surface area contributed by atoms with Gasteiger partial charge in [0.2, 0.25) is 0 Å². The molecule has 0 aliphatic rings. The topological polar surface area (TPSA) is 40.5 Å². The Morgan fingerprint density at radius 3 is 2.20 bits per heavy atom. The predicted molar refractivity (Wildman–Crippen MR) is 63.2 cm³/mol. The zero-order chi connectivity index (χ0) is 11.3. The highest BCUT2D eigenvalue weighted by Gasteiger charge is 2.02. The van der Waals surface area contributed by atoms with Crippen molar-refractivity contribution in [2.45, 2.75) is 20.3 Å². The van der Waals surface area contributed by atoms with Crippen LogP contribution in [0.25, 0.3) is 10.8 Å². The van der Waals surface area contributed by atoms with Gasteiger partial charge < -0.3 is 10.2 Å². The predicted octanol–water partition coefficient (Wildman–Crippen LogP) is 3.67. The van der Waals surface area contributed by atoms with Crippen molar-refractivity contribution in [2.24, 2.45) is 0 Å². The smallest absolute Gasteiger partial charge is 0.165 e. The molecule has 0 aliphatic carbocycles. The van der Waals surface area contributed by atoms with Crippen LogP contribution in [0.5, 0.6) is 11.5 Å². The van der Waals surface area contributed by atoms with Crippen molar-refractivity contribution in [1.82, 2.24) is 0 Å². The van der Waals surface area contributed by atoms with Gasteiger partial charge in [0.15, 0.2) is 11.5 Å². The van der Waals surface area contributed by atoms with Crippen molar-refractivity contribution in [3.8, 4) is 11.5 Å². The molecule has 2 aromatic carbocycles. The molecule has 2 N–H and O–H groups in total. The van der Waals surface area contributed by atoms with E-state index in [1.807, 2.05) is 18.2 Å². The Kier molecular flexibility index (Phi) is 3.98. The minimum atomic E-state index is -0.0753. The molecule has 0 heterocycles. The van der Waals surface area contributed by atoms with Gasteiger partial charge in [0, 0.05) is 5.39 Å². The van der Waals surface area contributed by atoms with Gasteiger partial charge in [-0.1, -0.05) is 50.6 Å². The average Bonchev–Trinajstić information content (AvgIpc) is 2.25. The molecule has 0 saturated heterocycles. The molecule has 0 saturated carbocycles. The van der Waals surface area contributed by atoms with E-state index in [1.54, 1.807) is 12.1 Å². The first-order valence-corrected chi connectivity index (χ1v) is 5.10. The summed E-state index contributed by atoms with van der Waals surface area (Å²) in [5, 5.41) is 20.2. The van der Waals surface area contributed by atoms with Gasteiger partial charge in [-0.15, -0.1) is 0 Å². The molecule has 0 unspecified atom stereocenters. The zero-order valence-electron chi connectivity index (χ0n) is 9.07. The van der Waals surface area contributed by atoms with Crippen LogP contribution in [0.1, 0.15) is 20.3 Å². The van der Waals surface area contributed by atoms with E-state index in [1.165, 1.54) is 12.5 Å². The van der Waals surface area contributed by atoms with Crippen LogP contribution in [0.3, 0.4) is 0 Å². The Morgan fingerprint density at radius 2 is 1.53 bits per heavy atom. The summed E-state index contributed by atoms with van der Waals surface area (Å²) >= 11 is 0. The summed E-state index contributed by atoms with van der Waals surface area (Å²) in [7, 11) is 0. The molecule has 0 aromatic heterocycles. The lowest BCUT2D eigenvalue weighted by Gasteiger charge is -2.01. The number of rotatable bonds is 0. The molecule has 2 rings (SSSR count). The maximum Gasteiger partial charge on any atom is 0.165 e. The summed E-state index contributed by atoms with van der Waals surface area (Å²) in [6.07, 6.45) is 1.25. The van der Waals surface area contributed by atoms with E-state index in [4.69, 9.17) is 5.11 Å². The monoisotopic (exact) mass is 204 g/mol. The Labute approximate surface area is 89.8 Å². The fourth-order valence-corrected chi connectivity index (χ4v) is 1.24. The highest BCUT2D eigenvalue weighted by molar-refractivity contribution is 5.90. The quantitative estimate of drug-likeness (QED) is 0.643. The van der Waals surface area contributed by atoms with Crippen molar-refractivity contribution >= 4 is 10.8 Å². The third-order valence-electron chi connectivity index (χ3n) is 1.88. The first kappa shape index (κ1) is 11.4. The number of benzene rings is 2. The molecule has 0 atom stereocenters. The number of hydrogen-bond donors (Lipinski definition) is 2. The minimum Gasteiger partial charge on any atom is -0.504 e. The van der Waals surface area contributed by atoms with Gasteiger partial charge in [-0.2, -0.15) is 0 Å². The number of hydrogen-bond acceptors (Lipinski definition) is 2. The molecule has 80 valence electrons. The van der Waals surface area contributed by atoms with Crippen LogP contribution >= 0.6 is 0 Å². The molecular formula is C13H16O2. The SMILES string of the molecule is CCC.Oc1ccc2ccccc2c1O. The first-order chi connectivity index (χ1) is 7.20. The van der Waals surface area contributed by atoms with Crippen molar-refractivity contribution in [3.63, 3.8) is 0 Å². The summed E-state index contributed by atoms with van der Waals surface area (Å²) < 4.78 is 0. The molecule has 0 bridgehead atoms. The average molecular weight is 204 g/mol. The van der Waals surface area contributed by atoms with Crippen LogP contribution in [0.15, 0.2) is 36.4 Å². The molecule has 0 radical (unpaired) electrons. The van der Waals surface area contributed by atoms with Crippen LogP contribution in [0.2, 0.25) is 0 Å². The van der Waals surface area contributed by atoms with Gasteiger partial charge in [0.1, 0.15) is 0 Å². The summed E-state index contributed by atoms with van der Waals surface area (Å²) in [4.78, 5) is 0. The third-order valence-corrected chi connectivity index (χ3v) is 1.88. The maximum atomic E-state index is 9.41. The molecule has 2 aromatic rings. The summed E-state index contributed by atoms with van der Waals surface area (Å²) in [6, 6.07) is 10.6. The van der Waals surface area contributed by atoms with E-state index >= 15 is 0 Å². The fourth-order valence-electron chi connectivity index (χ4n) is 1.24. The molecule has 0 spiro atoms. The highest BCUT2D eigenvalue weighted by Crippen LogP contribution is 2.32. The summed E-state index contributed by atoms with van der Waals surface area (Å²) in [5.74, 6) is -0.123. The molecule has 2 nitrogen and oxygen atoms in total. The van der Waals surface area contributed by atoms with Gasteiger partial charge in [-0.05, 0) is 11.5 Å². The summed E-state index contributed by atoms with van der Waals surface area (Å²) in [5.41, 5.74) is 0. The van der Waals surface area contributed by atoms with Crippen molar-refractivity contribution in [2.75, 3.05) is 0 Å². The van der Waals surface area contributed by atoms with Crippen LogP contribution in [0.4, 0.5) is 0 Å². The zero-order valence-corrected chi connectivity index (χ0v) is 9.07. The van der Waals surface area contributed by atoms with Crippen LogP contribution in [-0.4, -0.2) is 10.2 Å². The van der Waals surface area contributed by atoms with Gasteiger partial charge >= 0.3 is 0 Å². The van der Waals surface area contributed by atoms with Crippen molar-refractivity contribution < 1.29 is 10.2 Å². The van der Waals surface area contributed by atoms with Crippen LogP contribution in [-0.2, 0) is 0 Å². The van der Waals surface area contributed by atoms with Gasteiger partial charge in [-0.25, -0.2) is 0 Å². The Bertz CT molecular complexity index is 435. The Hall–Kier alpha value is -1.70. The number of phenols is 2. The van der Waals surface area contributed by atoms with Crippen molar-refractivity contribution in [3.05, 3.63) is 36.4 Å². The summed E-state index contributed by atoms with van der Waals surface area (Å²) in [6.45, 7) is 4.25. The van der Waals surface area contributed by atoms with E-state index in [0.29, 0.717) is 5.39 Å². The second kappa shape index (κ2) is 5.25. The van der Waals surface area contributed by atoms with E-state index in [2.05, 4.69) is 13.8 Å². The second-order valence-electron chi connectivity index (χ2n) is 3.36. The lowest BCUT2D eigenvalue weighted by Crippen LogP contribution is -1.73. The largest absolute Gasteiger partial charge is 0.504 e. The lowest BCUT2D eigenvalue weighted by atomic mass is 10.1. The molecular weight excluding hydrogens is 188 g/mol. The Balaban J connectivity index is 0.000000337. The Morgan fingerprint density at radius 1 is 0.933 bits per heavy atom. The minimum absolute atomic E-state index is 0.0481. The number of fused-ring (bicyclic) bond motifs is 1. The first-order valence-electron chi connectivity index (χ1n) is 5.10. The van der Waals surface area contributed by atoms with Crippen molar-refractivity contribution in [1.29, 1.82) is 0 Å². The van der Waals surface area contributed by atoms with E-state index < -0.39 is 0 Å². The third kappa shape index (κ3) is 2.62. The second-order valence-corrected chi connectivity index (χ2v) is 3.36. The molecule has 0 fully saturated rings. The standard InChI is InChI=1S/C10H8O2.C3H8/c11-9-6-5-7-3-1-2-4-8(7)10(9)12;1-3-2/h1-6,11-12H;3H2,1-2H3. The van der Waals surface area contributed by atoms with Gasteiger partial charge in [-0.3, -0.25) is 0 Å². The molecule has 15 heavy (non-hydrogen) atoms. The fraction of sp³-hybridized carbons (Fsp3) is 0.231. The number of phenolic OH excluding ortho intramolecular Hbond substituents is 2. The van der Waals surface area contributed by atoms with Crippen LogP contribution in [0, 0.1) is 0 Å². The van der Waals surface area contributed by atoms with Crippen LogP contribution < -0.4 is 0 Å². The maximum absolute atomic E-state index is 9.41. The number of aromatic hydroxyl groups is 2. The van der Waals surface area contributed by atoms with Gasteiger partial charge in [0.25, 0.3) is 0 Å². The van der Waals surface area contributed by atoms with Gasteiger partial charge in [0.05, 0.1) is 0 Å². The normalized spacial score (nSPS) is 9.47. The van der Waals surface area contributed by atoms with E-state index in [-0.39, 0.29) is 11.5 Å². The van der Waals surface area contributed by atoms with E-state index in [9.17, 15) is 5.11 Å². The molecule has 0 amide bonds. The van der Waals surface area contributed by atoms with E-state index in [0.717, 1.165) is 5.39 Å². The molecule has 0 aliphatic heterocycles. The molecule has 2 heteroatoms.